The molecular formula is C35H39BN5O4. The number of aryl methyl sites for hydroxylation is 2. The lowest BCUT2D eigenvalue weighted by atomic mass is 9.81. The minimum atomic E-state index is -0.275. The Balaban J connectivity index is 1.41. The number of ether oxygens (including phenoxy) is 1. The lowest BCUT2D eigenvalue weighted by Gasteiger charge is -2.29. The number of nitrogens with one attached hydrogen (secondary N) is 2. The molecule has 1 radical (unpaired) electrons. The second-order valence-electron chi connectivity index (χ2n) is 11.2. The van der Waals surface area contributed by atoms with E-state index < -0.39 is 0 Å². The van der Waals surface area contributed by atoms with E-state index in [-0.39, 0.29) is 43.2 Å². The summed E-state index contributed by atoms with van der Waals surface area (Å²) in [6, 6.07) is 21.4. The van der Waals surface area contributed by atoms with Crippen molar-refractivity contribution in [2.45, 2.75) is 46.0 Å². The van der Waals surface area contributed by atoms with Gasteiger partial charge in [-0.25, -0.2) is 0 Å². The van der Waals surface area contributed by atoms with Crippen LogP contribution in [0, 0.1) is 12.8 Å². The normalized spacial score (nSPS) is 15.5. The number of benzene rings is 3. The molecule has 9 nitrogen and oxygen atoms in total. The monoisotopic (exact) mass is 604 g/mol. The molecule has 10 heteroatoms. The number of allylic oxidation sites excluding steroid dienone is 1. The van der Waals surface area contributed by atoms with Crippen LogP contribution in [-0.2, 0) is 11.2 Å². The Hall–Kier alpha value is -4.70. The maximum Gasteiger partial charge on any atom is 0.326 e. The number of amides is 2. The number of hydrogen-bond donors (Lipinski definition) is 3. The maximum atomic E-state index is 13.4. The molecule has 1 aliphatic heterocycles. The average molecular weight is 605 g/mol. The van der Waals surface area contributed by atoms with Gasteiger partial charge in [0.05, 0.1) is 12.8 Å². The summed E-state index contributed by atoms with van der Waals surface area (Å²) in [7, 11) is 2.62. The topological polar surface area (TPSA) is 118 Å². The summed E-state index contributed by atoms with van der Waals surface area (Å²) >= 11 is 0. The third-order valence-corrected chi connectivity index (χ3v) is 8.39. The van der Waals surface area contributed by atoms with Crippen molar-refractivity contribution in [2.24, 2.45) is 5.92 Å². The molecule has 2 unspecified atom stereocenters. The van der Waals surface area contributed by atoms with Gasteiger partial charge in [-0.2, -0.15) is 0 Å². The number of carbonyl (C=O) groups excluding carboxylic acids is 2. The Morgan fingerprint density at radius 3 is 2.49 bits per heavy atom. The molecule has 1 aliphatic rings. The quantitative estimate of drug-likeness (QED) is 0.177. The smallest absolute Gasteiger partial charge is 0.326 e. The van der Waals surface area contributed by atoms with Gasteiger partial charge in [0.2, 0.25) is 5.91 Å². The van der Waals surface area contributed by atoms with Crippen molar-refractivity contribution in [3.8, 4) is 11.4 Å². The van der Waals surface area contributed by atoms with Gasteiger partial charge in [0.1, 0.15) is 17.4 Å². The molecule has 2 atom stereocenters. The Bertz CT molecular complexity index is 1700. The van der Waals surface area contributed by atoms with Crippen LogP contribution in [0.15, 0.2) is 72.8 Å². The number of rotatable bonds is 11. The van der Waals surface area contributed by atoms with Crippen molar-refractivity contribution < 1.29 is 19.3 Å². The van der Waals surface area contributed by atoms with Gasteiger partial charge in [-0.05, 0) is 66.6 Å². The number of hydrogen-bond acceptors (Lipinski definition) is 6. The minimum Gasteiger partial charge on any atom is -0.497 e. The maximum absolute atomic E-state index is 13.4. The van der Waals surface area contributed by atoms with E-state index in [2.05, 4.69) is 75.7 Å². The second kappa shape index (κ2) is 14.4. The lowest BCUT2D eigenvalue weighted by Crippen LogP contribution is -2.36. The first-order chi connectivity index (χ1) is 21.9. The molecule has 3 aromatic carbocycles. The third-order valence-electron chi connectivity index (χ3n) is 8.39. The lowest BCUT2D eigenvalue weighted by molar-refractivity contribution is -0.121. The first-order valence-corrected chi connectivity index (χ1v) is 15.4. The van der Waals surface area contributed by atoms with E-state index in [1.807, 2.05) is 19.1 Å². The highest BCUT2D eigenvalue weighted by Crippen LogP contribution is 2.41. The van der Waals surface area contributed by atoms with E-state index in [0.717, 1.165) is 60.1 Å². The SMILES string of the molecule is CCc1ccc(C2=CC(CC)C(CC(=O)NCCNC(=O)c3cccc([B]O)c3)c3nnc(C)n3-c3ccc(OC)cc32)cc1. The van der Waals surface area contributed by atoms with Crippen molar-refractivity contribution in [1.82, 2.24) is 25.4 Å². The van der Waals surface area contributed by atoms with Crippen LogP contribution in [0.4, 0.5) is 0 Å². The van der Waals surface area contributed by atoms with Gasteiger partial charge < -0.3 is 20.4 Å². The molecule has 0 aliphatic carbocycles. The summed E-state index contributed by atoms with van der Waals surface area (Å²) in [6.07, 6.45) is 4.24. The van der Waals surface area contributed by atoms with Crippen LogP contribution in [0.3, 0.4) is 0 Å². The molecule has 0 saturated heterocycles. The molecule has 45 heavy (non-hydrogen) atoms. The number of nitrogens with zero attached hydrogens (tertiary/aromatic N) is 3. The fourth-order valence-electron chi connectivity index (χ4n) is 5.91. The second-order valence-corrected chi connectivity index (χ2v) is 11.2. The predicted molar refractivity (Wildman–Crippen MR) is 176 cm³/mol. The van der Waals surface area contributed by atoms with E-state index in [0.29, 0.717) is 11.0 Å². The van der Waals surface area contributed by atoms with Crippen LogP contribution in [0.2, 0.25) is 0 Å². The average Bonchev–Trinajstić information content (AvgIpc) is 3.45. The number of fused-ring (bicyclic) bond motifs is 3. The van der Waals surface area contributed by atoms with Crippen LogP contribution in [0.1, 0.15) is 71.3 Å². The Morgan fingerprint density at radius 1 is 1.00 bits per heavy atom. The third kappa shape index (κ3) is 7.01. The zero-order valence-corrected chi connectivity index (χ0v) is 26.2. The van der Waals surface area contributed by atoms with Gasteiger partial charge in [0, 0.05) is 36.6 Å². The van der Waals surface area contributed by atoms with Gasteiger partial charge in [0.15, 0.2) is 0 Å². The molecule has 2 amide bonds. The first-order valence-electron chi connectivity index (χ1n) is 15.4. The molecule has 231 valence electrons. The van der Waals surface area contributed by atoms with E-state index in [1.165, 1.54) is 5.56 Å². The summed E-state index contributed by atoms with van der Waals surface area (Å²) < 4.78 is 7.71. The summed E-state index contributed by atoms with van der Waals surface area (Å²) in [5, 5.41) is 24.1. The highest BCUT2D eigenvalue weighted by atomic mass is 16.5. The molecule has 5 rings (SSSR count). The van der Waals surface area contributed by atoms with Crippen molar-refractivity contribution >= 4 is 30.3 Å². The zero-order chi connectivity index (χ0) is 31.9. The summed E-state index contributed by atoms with van der Waals surface area (Å²) in [4.78, 5) is 25.9. The first kappa shape index (κ1) is 31.7. The van der Waals surface area contributed by atoms with Crippen LogP contribution in [-0.4, -0.2) is 59.3 Å². The molecule has 1 aromatic heterocycles. The van der Waals surface area contributed by atoms with Gasteiger partial charge >= 0.3 is 7.48 Å². The van der Waals surface area contributed by atoms with Gasteiger partial charge in [-0.1, -0.05) is 67.9 Å². The number of methoxy groups -OCH3 is 1. The largest absolute Gasteiger partial charge is 0.497 e. The van der Waals surface area contributed by atoms with Crippen LogP contribution in [0.25, 0.3) is 11.3 Å². The standard InChI is InChI=1S/C35H39BN5O4/c1-5-23-10-12-25(13-11-23)29-19-24(6-2)30(34-40-39-22(3)41(34)32-15-14-28(45-4)20-31(29)32)21-33(42)37-16-17-38-35(43)26-8-7-9-27(18-26)36-44/h7-15,18-20,24,30,44H,5-6,16-17,21H2,1-4H3,(H,37,42)(H,38,43). The molecular weight excluding hydrogens is 565 g/mol. The van der Waals surface area contributed by atoms with Crippen LogP contribution >= 0.6 is 0 Å². The van der Waals surface area contributed by atoms with Crippen LogP contribution < -0.4 is 20.8 Å². The van der Waals surface area contributed by atoms with E-state index in [4.69, 9.17) is 4.74 Å². The Morgan fingerprint density at radius 2 is 1.78 bits per heavy atom. The van der Waals surface area contributed by atoms with Gasteiger partial charge in [-0.15, -0.1) is 10.2 Å². The number of aromatic nitrogens is 3. The summed E-state index contributed by atoms with van der Waals surface area (Å²) in [5.74, 6) is 1.60. The van der Waals surface area contributed by atoms with Gasteiger partial charge in [0.25, 0.3) is 5.91 Å². The van der Waals surface area contributed by atoms with E-state index in [9.17, 15) is 14.6 Å². The van der Waals surface area contributed by atoms with Crippen molar-refractivity contribution in [3.63, 3.8) is 0 Å². The van der Waals surface area contributed by atoms with Crippen molar-refractivity contribution in [3.05, 3.63) is 107 Å². The zero-order valence-electron chi connectivity index (χ0n) is 26.2. The molecule has 0 saturated carbocycles. The fourth-order valence-corrected chi connectivity index (χ4v) is 5.91. The van der Waals surface area contributed by atoms with Crippen molar-refractivity contribution in [2.75, 3.05) is 20.2 Å². The molecule has 0 bridgehead atoms. The Kier molecular flexibility index (Phi) is 10.1. The highest BCUT2D eigenvalue weighted by Gasteiger charge is 2.33. The van der Waals surface area contributed by atoms with Gasteiger partial charge in [-0.3, -0.25) is 14.2 Å². The van der Waals surface area contributed by atoms with Crippen molar-refractivity contribution in [1.29, 1.82) is 0 Å². The predicted octanol–water partition coefficient (Wildman–Crippen LogP) is 3.87. The fraction of sp³-hybridized carbons (Fsp3) is 0.314. The van der Waals surface area contributed by atoms with E-state index >= 15 is 0 Å². The minimum absolute atomic E-state index is 0.00592. The van der Waals surface area contributed by atoms with Crippen LogP contribution in [0.5, 0.6) is 5.75 Å². The summed E-state index contributed by atoms with van der Waals surface area (Å²) in [5.41, 5.74) is 6.36. The summed E-state index contributed by atoms with van der Waals surface area (Å²) in [6.45, 7) is 6.75. The molecule has 0 spiro atoms. The number of carbonyl (C=O) groups is 2. The molecule has 2 heterocycles. The molecule has 4 aromatic rings. The van der Waals surface area contributed by atoms with E-state index in [1.54, 1.807) is 31.4 Å². The highest BCUT2D eigenvalue weighted by molar-refractivity contribution is 6.45. The molecule has 3 N–H and O–H groups in total. The Labute approximate surface area is 265 Å². The molecule has 0 fully saturated rings.